The van der Waals surface area contributed by atoms with Gasteiger partial charge in [0.25, 0.3) is 0 Å². The summed E-state index contributed by atoms with van der Waals surface area (Å²) in [5.74, 6) is 0. The summed E-state index contributed by atoms with van der Waals surface area (Å²) in [6, 6.07) is 0. The first-order valence-electron chi connectivity index (χ1n) is 8.57. The molecule has 19 heavy (non-hydrogen) atoms. The molecule has 0 bridgehead atoms. The summed E-state index contributed by atoms with van der Waals surface area (Å²) in [4.78, 5) is 0. The average molecular weight is 264 g/mol. The zero-order valence-corrected chi connectivity index (χ0v) is 13.6. The fourth-order valence-corrected chi connectivity index (χ4v) is 2.43. The van der Waals surface area contributed by atoms with E-state index in [4.69, 9.17) is 0 Å². The molecule has 0 aliphatic heterocycles. The van der Waals surface area contributed by atoms with Crippen LogP contribution in [-0.4, -0.2) is 0 Å². The highest BCUT2D eigenvalue weighted by Crippen LogP contribution is 2.13. The molecule has 0 fully saturated rings. The van der Waals surface area contributed by atoms with Crippen molar-refractivity contribution in [1.82, 2.24) is 0 Å². The SMILES string of the molecule is C=CCCC/C=C(\C)CCCCCCCCCCC. The van der Waals surface area contributed by atoms with Crippen LogP contribution in [-0.2, 0) is 0 Å². The van der Waals surface area contributed by atoms with Crippen molar-refractivity contribution in [2.75, 3.05) is 0 Å². The van der Waals surface area contributed by atoms with E-state index in [2.05, 4.69) is 26.5 Å². The lowest BCUT2D eigenvalue weighted by molar-refractivity contribution is 0.564. The summed E-state index contributed by atoms with van der Waals surface area (Å²) in [6.07, 6.45) is 22.2. The first kappa shape index (κ1) is 18.5. The maximum absolute atomic E-state index is 3.76. The van der Waals surface area contributed by atoms with Crippen LogP contribution >= 0.6 is 0 Å². The fourth-order valence-electron chi connectivity index (χ4n) is 2.43. The molecule has 0 saturated carbocycles. The lowest BCUT2D eigenvalue weighted by Gasteiger charge is -2.03. The molecule has 0 rings (SSSR count). The van der Waals surface area contributed by atoms with Gasteiger partial charge in [0.05, 0.1) is 0 Å². The standard InChI is InChI=1S/C19H36/c1-4-6-8-10-11-12-13-14-16-18-19(3)17-15-9-7-5-2/h5,17H,2,4,6-16,18H2,1,3H3/b19-17+. The van der Waals surface area contributed by atoms with Crippen molar-refractivity contribution in [2.24, 2.45) is 0 Å². The molecule has 112 valence electrons. The second-order valence-corrected chi connectivity index (χ2v) is 5.85. The second kappa shape index (κ2) is 15.5. The van der Waals surface area contributed by atoms with Crippen LogP contribution in [0, 0.1) is 0 Å². The molecule has 0 aromatic heterocycles. The average Bonchev–Trinajstić information content (AvgIpc) is 2.42. The summed E-state index contributed by atoms with van der Waals surface area (Å²) in [5.41, 5.74) is 1.59. The minimum Gasteiger partial charge on any atom is -0.103 e. The van der Waals surface area contributed by atoms with Crippen LogP contribution in [0.5, 0.6) is 0 Å². The topological polar surface area (TPSA) is 0 Å². The molecule has 0 N–H and O–H groups in total. The highest BCUT2D eigenvalue weighted by molar-refractivity contribution is 4.97. The van der Waals surface area contributed by atoms with Gasteiger partial charge in [-0.05, 0) is 39.0 Å². The number of rotatable bonds is 14. The summed E-state index contributed by atoms with van der Waals surface area (Å²) < 4.78 is 0. The number of hydrogen-bond acceptors (Lipinski definition) is 0. The summed E-state index contributed by atoms with van der Waals surface area (Å²) in [6.45, 7) is 8.33. The lowest BCUT2D eigenvalue weighted by Crippen LogP contribution is -1.83. The number of unbranched alkanes of at least 4 members (excludes halogenated alkanes) is 10. The van der Waals surface area contributed by atoms with Crippen LogP contribution in [0.2, 0.25) is 0 Å². The zero-order valence-electron chi connectivity index (χ0n) is 13.6. The van der Waals surface area contributed by atoms with Crippen LogP contribution in [0.15, 0.2) is 24.3 Å². The Kier molecular flexibility index (Phi) is 15.1. The molecule has 0 aliphatic rings. The Labute approximate surface area is 122 Å². The minimum atomic E-state index is 1.15. The van der Waals surface area contributed by atoms with Crippen LogP contribution in [0.4, 0.5) is 0 Å². The Hall–Kier alpha value is -0.520. The Balaban J connectivity index is 3.22. The van der Waals surface area contributed by atoms with Gasteiger partial charge in [0.15, 0.2) is 0 Å². The van der Waals surface area contributed by atoms with Gasteiger partial charge in [-0.15, -0.1) is 6.58 Å². The van der Waals surface area contributed by atoms with E-state index >= 15 is 0 Å². The van der Waals surface area contributed by atoms with Crippen LogP contribution in [0.1, 0.15) is 97.3 Å². The van der Waals surface area contributed by atoms with Gasteiger partial charge in [-0.2, -0.15) is 0 Å². The van der Waals surface area contributed by atoms with Crippen LogP contribution in [0.3, 0.4) is 0 Å². The van der Waals surface area contributed by atoms with Crippen LogP contribution < -0.4 is 0 Å². The minimum absolute atomic E-state index is 1.15. The molecular weight excluding hydrogens is 228 g/mol. The molecule has 0 heterocycles. The third-order valence-corrected chi connectivity index (χ3v) is 3.78. The van der Waals surface area contributed by atoms with Crippen molar-refractivity contribution in [3.05, 3.63) is 24.3 Å². The quantitative estimate of drug-likeness (QED) is 0.230. The normalized spacial score (nSPS) is 11.8. The van der Waals surface area contributed by atoms with Crippen molar-refractivity contribution >= 4 is 0 Å². The molecule has 0 heteroatoms. The maximum Gasteiger partial charge on any atom is -0.0323 e. The second-order valence-electron chi connectivity index (χ2n) is 5.85. The van der Waals surface area contributed by atoms with E-state index in [9.17, 15) is 0 Å². The third kappa shape index (κ3) is 15.4. The van der Waals surface area contributed by atoms with E-state index in [0.29, 0.717) is 0 Å². The highest BCUT2D eigenvalue weighted by atomic mass is 14.0. The van der Waals surface area contributed by atoms with E-state index in [1.165, 1.54) is 77.0 Å². The van der Waals surface area contributed by atoms with Gasteiger partial charge in [0, 0.05) is 0 Å². The molecule has 0 amide bonds. The molecule has 0 radical (unpaired) electrons. The third-order valence-electron chi connectivity index (χ3n) is 3.78. The highest BCUT2D eigenvalue weighted by Gasteiger charge is 1.94. The summed E-state index contributed by atoms with van der Waals surface area (Å²) >= 11 is 0. The molecule has 0 spiro atoms. The maximum atomic E-state index is 3.76. The number of hydrogen-bond donors (Lipinski definition) is 0. The first-order chi connectivity index (χ1) is 9.31. The first-order valence-corrected chi connectivity index (χ1v) is 8.57. The van der Waals surface area contributed by atoms with Gasteiger partial charge in [0.1, 0.15) is 0 Å². The Morgan fingerprint density at radius 1 is 0.789 bits per heavy atom. The largest absolute Gasteiger partial charge is 0.103 e. The van der Waals surface area contributed by atoms with E-state index in [1.807, 2.05) is 6.08 Å². The monoisotopic (exact) mass is 264 g/mol. The molecule has 0 aliphatic carbocycles. The van der Waals surface area contributed by atoms with Crippen molar-refractivity contribution in [2.45, 2.75) is 97.3 Å². The molecule has 0 aromatic carbocycles. The van der Waals surface area contributed by atoms with Gasteiger partial charge < -0.3 is 0 Å². The van der Waals surface area contributed by atoms with Crippen molar-refractivity contribution in [3.8, 4) is 0 Å². The molecule has 0 atom stereocenters. The van der Waals surface area contributed by atoms with Gasteiger partial charge in [-0.25, -0.2) is 0 Å². The molecule has 0 unspecified atom stereocenters. The molecule has 0 nitrogen and oxygen atoms in total. The Bertz CT molecular complexity index is 212. The van der Waals surface area contributed by atoms with Gasteiger partial charge in [-0.3, -0.25) is 0 Å². The molecule has 0 aromatic rings. The predicted molar refractivity (Wildman–Crippen MR) is 89.6 cm³/mol. The molecular formula is C19H36. The Morgan fingerprint density at radius 3 is 1.95 bits per heavy atom. The van der Waals surface area contributed by atoms with Gasteiger partial charge in [-0.1, -0.05) is 76.0 Å². The van der Waals surface area contributed by atoms with E-state index in [-0.39, 0.29) is 0 Å². The lowest BCUT2D eigenvalue weighted by atomic mass is 10.0. The summed E-state index contributed by atoms with van der Waals surface area (Å²) in [7, 11) is 0. The summed E-state index contributed by atoms with van der Waals surface area (Å²) in [5, 5.41) is 0. The van der Waals surface area contributed by atoms with E-state index in [0.717, 1.165) is 6.42 Å². The Morgan fingerprint density at radius 2 is 1.37 bits per heavy atom. The molecule has 0 saturated heterocycles. The predicted octanol–water partition coefficient (Wildman–Crippen LogP) is 7.21. The zero-order chi connectivity index (χ0) is 14.2. The van der Waals surface area contributed by atoms with Gasteiger partial charge >= 0.3 is 0 Å². The van der Waals surface area contributed by atoms with E-state index < -0.39 is 0 Å². The van der Waals surface area contributed by atoms with Crippen molar-refractivity contribution < 1.29 is 0 Å². The van der Waals surface area contributed by atoms with Crippen molar-refractivity contribution in [1.29, 1.82) is 0 Å². The fraction of sp³-hybridized carbons (Fsp3) is 0.789. The van der Waals surface area contributed by atoms with Crippen LogP contribution in [0.25, 0.3) is 0 Å². The number of allylic oxidation sites excluding steroid dienone is 3. The van der Waals surface area contributed by atoms with E-state index in [1.54, 1.807) is 5.57 Å². The van der Waals surface area contributed by atoms with Gasteiger partial charge in [0.2, 0.25) is 0 Å². The smallest absolute Gasteiger partial charge is 0.0323 e. The van der Waals surface area contributed by atoms with Crippen molar-refractivity contribution in [3.63, 3.8) is 0 Å².